The molecule has 0 atom stereocenters. The van der Waals surface area contributed by atoms with Crippen LogP contribution in [0.4, 0.5) is 0 Å². The summed E-state index contributed by atoms with van der Waals surface area (Å²) in [6.07, 6.45) is 9.50. The Morgan fingerprint density at radius 1 is 0.923 bits per heavy atom. The summed E-state index contributed by atoms with van der Waals surface area (Å²) in [6.45, 7) is 23.3. The number of nitrogens with zero attached hydrogens (tertiary/aromatic N) is 2. The first-order valence-electron chi connectivity index (χ1n) is 18.7. The van der Waals surface area contributed by atoms with Crippen molar-refractivity contribution in [1.29, 1.82) is 0 Å². The Morgan fingerprint density at radius 2 is 1.56 bits per heavy atom. The first-order chi connectivity index (χ1) is 24.0. The molecule has 52 heavy (non-hydrogen) atoms. The van der Waals surface area contributed by atoms with Crippen molar-refractivity contribution < 1.29 is 39.0 Å². The van der Waals surface area contributed by atoms with Crippen molar-refractivity contribution in [3.05, 3.63) is 103 Å². The van der Waals surface area contributed by atoms with Gasteiger partial charge in [0.2, 0.25) is 5.71 Å². The zero-order valence-electron chi connectivity index (χ0n) is 33.2. The molecule has 2 aromatic carbocycles. The largest absolute Gasteiger partial charge is 0.512 e. The van der Waals surface area contributed by atoms with E-state index in [-0.39, 0.29) is 47.9 Å². The molecular weight excluding hydrogens is 821 g/mol. The van der Waals surface area contributed by atoms with Crippen molar-refractivity contribution in [1.82, 2.24) is 4.98 Å². The van der Waals surface area contributed by atoms with Crippen LogP contribution in [-0.4, -0.2) is 15.9 Å². The molecule has 5 rings (SSSR count). The second kappa shape index (κ2) is 17.4. The van der Waals surface area contributed by atoms with Crippen LogP contribution in [0.25, 0.3) is 44.3 Å². The summed E-state index contributed by atoms with van der Waals surface area (Å²) in [7, 11) is 4.27. The number of allylic oxidation sites excluding steroid dienone is 2. The first-order valence-corrected chi connectivity index (χ1v) is 18.7. The maximum Gasteiger partial charge on any atom is 0.226 e. The molecule has 0 bridgehead atoms. The molecule has 0 amide bonds. The smallest absolute Gasteiger partial charge is 0.226 e. The Bertz CT molecular complexity index is 2010. The van der Waals surface area contributed by atoms with Crippen molar-refractivity contribution in [2.75, 3.05) is 0 Å². The number of aliphatic hydroxyl groups excluding tert-OH is 1. The van der Waals surface area contributed by atoms with Gasteiger partial charge in [-0.15, -0.1) is 29.1 Å². The third-order valence-corrected chi connectivity index (χ3v) is 10.9. The van der Waals surface area contributed by atoms with Gasteiger partial charge in [0, 0.05) is 62.1 Å². The van der Waals surface area contributed by atoms with Crippen LogP contribution in [0.2, 0.25) is 0 Å². The molecule has 5 aromatic rings. The van der Waals surface area contributed by atoms with Crippen molar-refractivity contribution >= 4 is 27.7 Å². The van der Waals surface area contributed by atoms with Gasteiger partial charge >= 0.3 is 0 Å². The Kier molecular flexibility index (Phi) is 14.3. The zero-order chi connectivity index (χ0) is 37.7. The number of aromatic nitrogens is 2. The quantitative estimate of drug-likeness (QED) is 0.0621. The molecule has 6 heteroatoms. The van der Waals surface area contributed by atoms with E-state index in [0.717, 1.165) is 71.0 Å². The molecule has 0 saturated heterocycles. The van der Waals surface area contributed by atoms with Gasteiger partial charge < -0.3 is 14.1 Å². The van der Waals surface area contributed by atoms with Gasteiger partial charge in [0.15, 0.2) is 5.78 Å². The second-order valence-electron chi connectivity index (χ2n) is 16.0. The minimum atomic E-state index is -0.337. The van der Waals surface area contributed by atoms with Crippen molar-refractivity contribution in [2.45, 2.75) is 114 Å². The van der Waals surface area contributed by atoms with E-state index in [0.29, 0.717) is 11.6 Å². The summed E-state index contributed by atoms with van der Waals surface area (Å²) < 4.78 is 7.97. The van der Waals surface area contributed by atoms with E-state index >= 15 is 0 Å². The predicted molar refractivity (Wildman–Crippen MR) is 213 cm³/mol. The van der Waals surface area contributed by atoms with Gasteiger partial charge in [-0.2, -0.15) is 0 Å². The molecule has 0 aliphatic carbocycles. The monoisotopic (exact) mass is 880 g/mol. The molecule has 3 aromatic heterocycles. The SMILES string of the molecule is CCC(C)(CC)C(=O)/C=C(\O)C(C)(CC)CC.[CH2-][n+]1ccc(-c2ccnc3oc(CC(C)C)cc23)cc1-c1[c-]c2ccccc2c(C(C)(C)C)c1.[Ir]. The van der Waals surface area contributed by atoms with Crippen LogP contribution in [-0.2, 0) is 36.7 Å². The van der Waals surface area contributed by atoms with Gasteiger partial charge in [-0.25, -0.2) is 4.98 Å². The van der Waals surface area contributed by atoms with Crippen LogP contribution in [0.15, 0.2) is 83.2 Å². The standard InChI is InChI=1S/C31H31N2O.C15H28O2.Ir/c1-20(2)15-24-19-27-25(11-13-32-30(27)34-24)22-12-14-33(6)29(18-22)23-16-21-9-7-8-10-26(21)28(17-23)31(3,4)5;1-7-14(5,8-2)12(16)11-13(17)15(6,9-3)10-4;/h7-14,17-20H,6,15H2,1-5H3;11,16H,7-10H2,1-6H3;/q-1;;/b;12-11-;. The minimum Gasteiger partial charge on any atom is -0.512 e. The normalized spacial score (nSPS) is 12.5. The van der Waals surface area contributed by atoms with E-state index in [9.17, 15) is 9.90 Å². The summed E-state index contributed by atoms with van der Waals surface area (Å²) >= 11 is 0. The summed E-state index contributed by atoms with van der Waals surface area (Å²) in [5.74, 6) is 1.79. The van der Waals surface area contributed by atoms with Crippen LogP contribution < -0.4 is 4.57 Å². The Hall–Kier alpha value is -3.73. The van der Waals surface area contributed by atoms with E-state index in [2.05, 4.69) is 107 Å². The maximum absolute atomic E-state index is 12.2. The number of ketones is 1. The third kappa shape index (κ3) is 9.43. The van der Waals surface area contributed by atoms with Crippen LogP contribution >= 0.6 is 0 Å². The van der Waals surface area contributed by atoms with Crippen LogP contribution in [0, 0.1) is 29.9 Å². The van der Waals surface area contributed by atoms with E-state index in [4.69, 9.17) is 4.42 Å². The molecular formula is C46H59IrN2O3-. The van der Waals surface area contributed by atoms with Crippen LogP contribution in [0.3, 0.4) is 0 Å². The molecule has 0 fully saturated rings. The van der Waals surface area contributed by atoms with Gasteiger partial charge in [0.05, 0.1) is 6.20 Å². The summed E-state index contributed by atoms with van der Waals surface area (Å²) in [5.41, 5.74) is 5.68. The molecule has 0 spiro atoms. The van der Waals surface area contributed by atoms with Crippen molar-refractivity contribution in [3.8, 4) is 22.4 Å². The number of furan rings is 1. The molecule has 0 aliphatic rings. The number of rotatable bonds is 11. The van der Waals surface area contributed by atoms with Gasteiger partial charge in [-0.05, 0) is 72.4 Å². The number of hydrogen-bond acceptors (Lipinski definition) is 4. The molecule has 281 valence electrons. The second-order valence-corrected chi connectivity index (χ2v) is 16.0. The fraction of sp³-hybridized carbons (Fsp3) is 0.435. The molecule has 0 saturated carbocycles. The number of fused-ring (bicyclic) bond motifs is 2. The zero-order valence-corrected chi connectivity index (χ0v) is 35.6. The van der Waals surface area contributed by atoms with E-state index in [1.807, 2.05) is 58.5 Å². The van der Waals surface area contributed by atoms with Crippen LogP contribution in [0.1, 0.15) is 113 Å². The Labute approximate surface area is 326 Å². The summed E-state index contributed by atoms with van der Waals surface area (Å²) in [4.78, 5) is 16.7. The number of benzene rings is 2. The molecule has 0 unspecified atom stereocenters. The summed E-state index contributed by atoms with van der Waals surface area (Å²) in [6, 6.07) is 22.9. The fourth-order valence-corrected chi connectivity index (χ4v) is 6.35. The molecule has 5 nitrogen and oxygen atoms in total. The molecule has 0 aliphatic heterocycles. The van der Waals surface area contributed by atoms with Crippen LogP contribution in [0.5, 0.6) is 0 Å². The molecule has 3 heterocycles. The van der Waals surface area contributed by atoms with E-state index < -0.39 is 0 Å². The topological polar surface area (TPSA) is 67.2 Å². The maximum atomic E-state index is 12.2. The van der Waals surface area contributed by atoms with Gasteiger partial charge in [-0.3, -0.25) is 4.79 Å². The first kappa shape index (κ1) is 42.7. The number of pyridine rings is 2. The fourth-order valence-electron chi connectivity index (χ4n) is 6.35. The van der Waals surface area contributed by atoms with Gasteiger partial charge in [0.1, 0.15) is 17.2 Å². The number of carbonyl (C=O) groups excluding carboxylic acids is 1. The third-order valence-electron chi connectivity index (χ3n) is 10.9. The average Bonchev–Trinajstić information content (AvgIpc) is 3.52. The van der Waals surface area contributed by atoms with Gasteiger partial charge in [0.25, 0.3) is 0 Å². The summed E-state index contributed by atoms with van der Waals surface area (Å²) in [5, 5.41) is 13.5. The molecule has 1 radical (unpaired) electrons. The number of aliphatic hydroxyl groups is 1. The van der Waals surface area contributed by atoms with Crippen molar-refractivity contribution in [2.24, 2.45) is 16.7 Å². The predicted octanol–water partition coefficient (Wildman–Crippen LogP) is 12.2. The number of hydrogen-bond donors (Lipinski definition) is 1. The van der Waals surface area contributed by atoms with Crippen molar-refractivity contribution in [3.63, 3.8) is 0 Å². The Morgan fingerprint density at radius 3 is 2.15 bits per heavy atom. The van der Waals surface area contributed by atoms with Gasteiger partial charge in [-0.1, -0.05) is 105 Å². The molecule has 1 N–H and O–H groups in total. The minimum absolute atomic E-state index is 0. The van der Waals surface area contributed by atoms with E-state index in [1.54, 1.807) is 0 Å². The Balaban J connectivity index is 0.000000347. The van der Waals surface area contributed by atoms with E-state index in [1.165, 1.54) is 17.0 Å². The number of carbonyl (C=O) groups is 1. The average molecular weight is 880 g/mol.